The third-order valence-corrected chi connectivity index (χ3v) is 9.98. The highest BCUT2D eigenvalue weighted by Crippen LogP contribution is 2.45. The molecule has 1 amide bonds. The van der Waals surface area contributed by atoms with Crippen LogP contribution in [-0.4, -0.2) is 70.1 Å². The second kappa shape index (κ2) is 11.4. The van der Waals surface area contributed by atoms with Crippen molar-refractivity contribution < 1.29 is 29.0 Å². The van der Waals surface area contributed by atoms with Crippen molar-refractivity contribution in [1.29, 1.82) is 0 Å². The minimum atomic E-state index is -2.47. The van der Waals surface area contributed by atoms with Crippen LogP contribution < -0.4 is 4.90 Å². The van der Waals surface area contributed by atoms with Crippen molar-refractivity contribution >= 4 is 25.9 Å². The molecule has 0 radical (unpaired) electrons. The number of benzene rings is 1. The summed E-state index contributed by atoms with van der Waals surface area (Å²) in [5, 5.41) is 17.3. The lowest BCUT2D eigenvalue weighted by Gasteiger charge is -2.39. The molecule has 10 nitrogen and oxygen atoms in total. The molecule has 202 valence electrons. The summed E-state index contributed by atoms with van der Waals surface area (Å²) in [6.07, 6.45) is 4.42. The lowest BCUT2D eigenvalue weighted by molar-refractivity contribution is -0.153. The summed E-state index contributed by atoms with van der Waals surface area (Å²) in [5.74, 6) is -0.223. The summed E-state index contributed by atoms with van der Waals surface area (Å²) in [7, 11) is -2.47. The molecule has 0 spiro atoms. The Morgan fingerprint density at radius 3 is 2.54 bits per heavy atom. The first kappa shape index (κ1) is 27.4. The van der Waals surface area contributed by atoms with Crippen LogP contribution >= 0.6 is 0 Å². The van der Waals surface area contributed by atoms with Gasteiger partial charge in [-0.3, -0.25) is 19.2 Å². The number of esters is 1. The lowest BCUT2D eigenvalue weighted by atomic mass is 9.95. The van der Waals surface area contributed by atoms with Crippen LogP contribution in [0, 0.1) is 5.92 Å². The summed E-state index contributed by atoms with van der Waals surface area (Å²) < 4.78 is 13.5. The van der Waals surface area contributed by atoms with Crippen LogP contribution in [0.25, 0.3) is 0 Å². The maximum absolute atomic E-state index is 12.0. The highest BCUT2D eigenvalue weighted by atomic mass is 28.4. The van der Waals surface area contributed by atoms with Crippen molar-refractivity contribution in [2.75, 3.05) is 11.5 Å². The number of amides is 1. The van der Waals surface area contributed by atoms with Crippen molar-refractivity contribution in [2.45, 2.75) is 89.6 Å². The number of ether oxygens (including phenoxy) is 2. The molecule has 1 aromatic heterocycles. The molecule has 0 saturated carbocycles. The minimum absolute atomic E-state index is 0.0413. The molecule has 2 aliphatic heterocycles. The number of carbonyl (C=O) groups excluding carboxylic acids is 2. The maximum atomic E-state index is 12.0. The van der Waals surface area contributed by atoms with Gasteiger partial charge in [0.1, 0.15) is 0 Å². The number of hydrogen-bond donors (Lipinski definition) is 2. The molecule has 2 fully saturated rings. The van der Waals surface area contributed by atoms with Gasteiger partial charge in [0, 0.05) is 43.9 Å². The predicted octanol–water partition coefficient (Wildman–Crippen LogP) is 2.43. The number of carbonyl (C=O) groups is 2. The number of hydrogen-bond acceptors (Lipinski definition) is 8. The van der Waals surface area contributed by atoms with Crippen LogP contribution in [0.4, 0.5) is 5.69 Å². The van der Waals surface area contributed by atoms with Gasteiger partial charge in [0.05, 0.1) is 24.3 Å². The van der Waals surface area contributed by atoms with E-state index in [1.807, 2.05) is 43.6 Å². The first-order valence-corrected chi connectivity index (χ1v) is 16.0. The largest absolute Gasteiger partial charge is 0.441 e. The zero-order valence-corrected chi connectivity index (χ0v) is 23.0. The van der Waals surface area contributed by atoms with E-state index < -0.39 is 20.5 Å². The van der Waals surface area contributed by atoms with Gasteiger partial charge in [-0.1, -0.05) is 24.3 Å². The molecular formula is C26H38N4O6Si. The molecule has 5 atom stereocenters. The molecule has 2 aliphatic rings. The Morgan fingerprint density at radius 1 is 1.19 bits per heavy atom. The molecule has 3 heterocycles. The van der Waals surface area contributed by atoms with E-state index in [0.717, 1.165) is 36.2 Å². The Balaban J connectivity index is 1.35. The van der Waals surface area contributed by atoms with Crippen LogP contribution in [0.1, 0.15) is 44.4 Å². The van der Waals surface area contributed by atoms with Crippen molar-refractivity contribution in [3.05, 3.63) is 41.7 Å². The molecule has 2 aromatic rings. The quantitative estimate of drug-likeness (QED) is 0.258. The fraction of sp³-hybridized carbons (Fsp3) is 0.615. The van der Waals surface area contributed by atoms with Gasteiger partial charge < -0.3 is 19.4 Å². The average Bonchev–Trinajstić information content (AvgIpc) is 3.40. The smallest absolute Gasteiger partial charge is 0.304 e. The number of aliphatic hydroxyl groups excluding tert-OH is 1. The monoisotopic (exact) mass is 530 g/mol. The lowest BCUT2D eigenvalue weighted by Crippen LogP contribution is -2.54. The average molecular weight is 531 g/mol. The number of aromatic nitrogens is 3. The summed E-state index contributed by atoms with van der Waals surface area (Å²) in [6, 6.07) is 7.78. The Hall–Kier alpha value is -2.60. The number of nitrogens with zero attached hydrogens (tertiary/aromatic N) is 4. The predicted molar refractivity (Wildman–Crippen MR) is 139 cm³/mol. The molecule has 11 heteroatoms. The first-order chi connectivity index (χ1) is 17.6. The second-order valence-electron chi connectivity index (χ2n) is 10.7. The maximum Gasteiger partial charge on any atom is 0.304 e. The van der Waals surface area contributed by atoms with Crippen LogP contribution in [0.2, 0.25) is 18.6 Å². The topological polar surface area (TPSA) is 127 Å². The van der Waals surface area contributed by atoms with Gasteiger partial charge in [0.15, 0.2) is 14.5 Å². The fourth-order valence-corrected chi connectivity index (χ4v) is 8.39. The van der Waals surface area contributed by atoms with E-state index in [9.17, 15) is 14.4 Å². The Labute approximate surface area is 218 Å². The second-order valence-corrected chi connectivity index (χ2v) is 14.7. The van der Waals surface area contributed by atoms with Gasteiger partial charge in [-0.05, 0) is 56.0 Å². The van der Waals surface area contributed by atoms with Gasteiger partial charge in [-0.15, -0.1) is 5.10 Å². The standard InChI is InChI=1S/C26H38N4O6Si/c1-17-22(10-7-19-5-8-21(9-6-19)30-24(33)15-25(30)35-18(2)32)36-23(26(17)37(3,4)34)11-13-29-16-20(12-14-31)27-28-29/h5-6,8-9,16-17,22-23,25-26,31,34H,7,10-15H2,1-4H3/t17-,22+,23-,25?,26+/m1/s1. The van der Waals surface area contributed by atoms with E-state index in [-0.39, 0.29) is 42.6 Å². The van der Waals surface area contributed by atoms with Gasteiger partial charge in [-0.2, -0.15) is 0 Å². The Morgan fingerprint density at radius 2 is 1.92 bits per heavy atom. The Kier molecular flexibility index (Phi) is 8.47. The van der Waals surface area contributed by atoms with Crippen molar-refractivity contribution in [3.63, 3.8) is 0 Å². The molecule has 0 bridgehead atoms. The van der Waals surface area contributed by atoms with E-state index in [1.54, 1.807) is 4.68 Å². The highest BCUT2D eigenvalue weighted by molar-refractivity contribution is 6.71. The van der Waals surface area contributed by atoms with Crippen molar-refractivity contribution in [3.8, 4) is 0 Å². The Bertz CT molecular complexity index is 1090. The fourth-order valence-electron chi connectivity index (χ4n) is 5.73. The number of rotatable bonds is 11. The van der Waals surface area contributed by atoms with Crippen LogP contribution in [0.5, 0.6) is 0 Å². The normalized spacial score (nSPS) is 25.8. The van der Waals surface area contributed by atoms with Crippen LogP contribution in [0.15, 0.2) is 30.5 Å². The molecule has 2 N–H and O–H groups in total. The summed E-state index contributed by atoms with van der Waals surface area (Å²) in [6.45, 7) is 8.19. The van der Waals surface area contributed by atoms with Crippen LogP contribution in [-0.2, 0) is 38.4 Å². The molecule has 1 unspecified atom stereocenters. The molecule has 37 heavy (non-hydrogen) atoms. The highest BCUT2D eigenvalue weighted by Gasteiger charge is 2.49. The summed E-state index contributed by atoms with van der Waals surface area (Å²) in [4.78, 5) is 35.9. The SMILES string of the molecule is CC(=O)OC1CC(=O)N1c1ccc(CC[C@@H]2O[C@H](CCn3cc(CCO)nn3)[C@@H]([Si](C)(C)O)[C@@H]2C)cc1. The van der Waals surface area contributed by atoms with Crippen molar-refractivity contribution in [1.82, 2.24) is 15.0 Å². The molecule has 2 saturated heterocycles. The zero-order chi connectivity index (χ0) is 26.7. The van der Waals surface area contributed by atoms with E-state index in [4.69, 9.17) is 14.6 Å². The third kappa shape index (κ3) is 6.46. The molecule has 0 aliphatic carbocycles. The van der Waals surface area contributed by atoms with E-state index in [0.29, 0.717) is 13.0 Å². The van der Waals surface area contributed by atoms with Gasteiger partial charge in [0.25, 0.3) is 0 Å². The van der Waals surface area contributed by atoms with Gasteiger partial charge in [-0.25, -0.2) is 0 Å². The zero-order valence-electron chi connectivity index (χ0n) is 22.0. The van der Waals surface area contributed by atoms with E-state index >= 15 is 0 Å². The van der Waals surface area contributed by atoms with E-state index in [1.165, 1.54) is 11.8 Å². The van der Waals surface area contributed by atoms with Gasteiger partial charge >= 0.3 is 5.97 Å². The molecular weight excluding hydrogens is 492 g/mol. The number of β-lactam (4-membered cyclic amide) rings is 1. The third-order valence-electron chi connectivity index (χ3n) is 7.46. The van der Waals surface area contributed by atoms with E-state index in [2.05, 4.69) is 17.2 Å². The summed E-state index contributed by atoms with van der Waals surface area (Å²) in [5.41, 5.74) is 2.74. The van der Waals surface area contributed by atoms with Gasteiger partial charge in [0.2, 0.25) is 5.91 Å². The molecule has 4 rings (SSSR count). The van der Waals surface area contributed by atoms with Crippen molar-refractivity contribution in [2.24, 2.45) is 5.92 Å². The number of aliphatic hydroxyl groups is 1. The summed E-state index contributed by atoms with van der Waals surface area (Å²) >= 11 is 0. The first-order valence-electron chi connectivity index (χ1n) is 13.0. The number of anilines is 1. The minimum Gasteiger partial charge on any atom is -0.441 e. The van der Waals surface area contributed by atoms with Crippen LogP contribution in [0.3, 0.4) is 0 Å². The molecule has 1 aromatic carbocycles. The number of aryl methyl sites for hydroxylation is 2.